The van der Waals surface area contributed by atoms with Crippen LogP contribution in [0.15, 0.2) is 6.20 Å². The molecule has 4 N–H and O–H groups in total. The zero-order valence-corrected chi connectivity index (χ0v) is 11.6. The number of hydrogen-bond acceptors (Lipinski definition) is 4. The van der Waals surface area contributed by atoms with Crippen molar-refractivity contribution in [1.29, 1.82) is 0 Å². The number of rotatable bonds is 6. The molecular weight excluding hydrogens is 264 g/mol. The molecule has 0 unspecified atom stereocenters. The number of hydrogen-bond donors (Lipinski definition) is 3. The monoisotopic (exact) mass is 282 g/mol. The van der Waals surface area contributed by atoms with Crippen LogP contribution in [0.1, 0.15) is 31.7 Å². The van der Waals surface area contributed by atoms with E-state index in [0.29, 0.717) is 29.8 Å². The molecule has 1 aromatic rings. The molecule has 1 heterocycles. The minimum atomic E-state index is -0.0540. The highest BCUT2D eigenvalue weighted by molar-refractivity contribution is 7.80. The van der Waals surface area contributed by atoms with E-state index in [0.717, 1.165) is 19.4 Å². The van der Waals surface area contributed by atoms with Crippen LogP contribution in [0.2, 0.25) is 0 Å². The van der Waals surface area contributed by atoms with Crippen LogP contribution in [-0.2, 0) is 9.53 Å². The molecule has 6 nitrogen and oxygen atoms in total. The average Bonchev–Trinajstić information content (AvgIpc) is 2.74. The Kier molecular flexibility index (Phi) is 4.49. The quantitative estimate of drug-likeness (QED) is 0.681. The Bertz CT molecular complexity index is 468. The molecule has 0 bridgehead atoms. The van der Waals surface area contributed by atoms with Gasteiger partial charge in [-0.05, 0) is 25.7 Å². The molecular formula is C12H18N4O2S. The number of aromatic amines is 1. The lowest BCUT2D eigenvalue weighted by Crippen LogP contribution is -2.34. The molecule has 1 aliphatic rings. The van der Waals surface area contributed by atoms with Gasteiger partial charge in [0, 0.05) is 13.0 Å². The maximum Gasteiger partial charge on any atom is 0.225 e. The van der Waals surface area contributed by atoms with Gasteiger partial charge < -0.3 is 15.8 Å². The molecule has 1 fully saturated rings. The van der Waals surface area contributed by atoms with Crippen LogP contribution in [0.3, 0.4) is 0 Å². The van der Waals surface area contributed by atoms with Crippen LogP contribution in [-0.4, -0.2) is 33.8 Å². The molecule has 19 heavy (non-hydrogen) atoms. The molecule has 1 amide bonds. The van der Waals surface area contributed by atoms with Gasteiger partial charge in [-0.15, -0.1) is 0 Å². The third-order valence-electron chi connectivity index (χ3n) is 3.24. The molecule has 2 rings (SSSR count). The van der Waals surface area contributed by atoms with Gasteiger partial charge >= 0.3 is 0 Å². The molecule has 1 saturated carbocycles. The van der Waals surface area contributed by atoms with E-state index >= 15 is 0 Å². The van der Waals surface area contributed by atoms with Crippen molar-refractivity contribution in [3.05, 3.63) is 11.8 Å². The maximum atomic E-state index is 11.9. The number of H-pyrrole nitrogens is 1. The molecule has 104 valence electrons. The zero-order valence-electron chi connectivity index (χ0n) is 10.8. The van der Waals surface area contributed by atoms with Crippen LogP contribution in [0.4, 0.5) is 5.82 Å². The van der Waals surface area contributed by atoms with Crippen LogP contribution in [0.25, 0.3) is 0 Å². The average molecular weight is 282 g/mol. The Hall–Kier alpha value is -1.47. The number of nitrogens with zero attached hydrogens (tertiary/aromatic N) is 1. The van der Waals surface area contributed by atoms with E-state index in [4.69, 9.17) is 22.7 Å². The fourth-order valence-corrected chi connectivity index (χ4v) is 2.39. The third kappa shape index (κ3) is 3.51. The van der Waals surface area contributed by atoms with Gasteiger partial charge in [0.1, 0.15) is 10.8 Å². The second kappa shape index (κ2) is 6.12. The summed E-state index contributed by atoms with van der Waals surface area (Å²) in [7, 11) is 0. The fourth-order valence-electron chi connectivity index (χ4n) is 2.23. The van der Waals surface area contributed by atoms with E-state index in [9.17, 15) is 4.79 Å². The van der Waals surface area contributed by atoms with Gasteiger partial charge in [-0.3, -0.25) is 9.89 Å². The van der Waals surface area contributed by atoms with Crippen molar-refractivity contribution >= 4 is 28.9 Å². The van der Waals surface area contributed by atoms with Crippen molar-refractivity contribution in [2.24, 2.45) is 11.7 Å². The number of nitrogens with one attached hydrogen (secondary N) is 2. The fraction of sp³-hybridized carbons (Fsp3) is 0.583. The highest BCUT2D eigenvalue weighted by atomic mass is 32.1. The third-order valence-corrected chi connectivity index (χ3v) is 3.46. The molecule has 0 saturated heterocycles. The molecule has 0 spiro atoms. The SMILES string of the molecule is CCOC1CC(CC(=O)Nc2[nH]ncc2C(N)=S)C1. The van der Waals surface area contributed by atoms with E-state index in [1.165, 1.54) is 6.20 Å². The number of nitrogens with two attached hydrogens (primary N) is 1. The number of carbonyl (C=O) groups excluding carboxylic acids is 1. The van der Waals surface area contributed by atoms with Crippen molar-refractivity contribution < 1.29 is 9.53 Å². The molecule has 0 radical (unpaired) electrons. The second-order valence-corrected chi connectivity index (χ2v) is 5.13. The van der Waals surface area contributed by atoms with Crippen LogP contribution >= 0.6 is 12.2 Å². The van der Waals surface area contributed by atoms with Crippen molar-refractivity contribution in [2.75, 3.05) is 11.9 Å². The van der Waals surface area contributed by atoms with E-state index in [1.807, 2.05) is 6.92 Å². The zero-order chi connectivity index (χ0) is 13.8. The summed E-state index contributed by atoms with van der Waals surface area (Å²) in [5.41, 5.74) is 6.09. The van der Waals surface area contributed by atoms with Gasteiger partial charge in [-0.2, -0.15) is 5.10 Å². The summed E-state index contributed by atoms with van der Waals surface area (Å²) in [5.74, 6) is 0.813. The highest BCUT2D eigenvalue weighted by Gasteiger charge is 2.31. The van der Waals surface area contributed by atoms with Gasteiger partial charge in [-0.1, -0.05) is 12.2 Å². The minimum absolute atomic E-state index is 0.0540. The number of aromatic nitrogens is 2. The summed E-state index contributed by atoms with van der Waals surface area (Å²) in [6.07, 6.45) is 4.21. The highest BCUT2D eigenvalue weighted by Crippen LogP contribution is 2.32. The number of amides is 1. The topological polar surface area (TPSA) is 93.0 Å². The van der Waals surface area contributed by atoms with Gasteiger partial charge in [0.05, 0.1) is 17.9 Å². The molecule has 0 aromatic carbocycles. The number of anilines is 1. The Balaban J connectivity index is 1.79. The first-order valence-corrected chi connectivity index (χ1v) is 6.75. The van der Waals surface area contributed by atoms with E-state index < -0.39 is 0 Å². The van der Waals surface area contributed by atoms with E-state index in [1.54, 1.807) is 0 Å². The number of ether oxygens (including phenoxy) is 1. The van der Waals surface area contributed by atoms with Gasteiger partial charge in [0.2, 0.25) is 5.91 Å². The van der Waals surface area contributed by atoms with Crippen molar-refractivity contribution in [3.63, 3.8) is 0 Å². The van der Waals surface area contributed by atoms with Crippen LogP contribution < -0.4 is 11.1 Å². The predicted molar refractivity (Wildman–Crippen MR) is 75.9 cm³/mol. The summed E-state index contributed by atoms with van der Waals surface area (Å²) in [4.78, 5) is 12.1. The van der Waals surface area contributed by atoms with Crippen LogP contribution in [0, 0.1) is 5.92 Å². The largest absolute Gasteiger partial charge is 0.389 e. The summed E-state index contributed by atoms with van der Waals surface area (Å²) in [6.45, 7) is 2.71. The molecule has 1 aromatic heterocycles. The smallest absolute Gasteiger partial charge is 0.225 e. The summed E-state index contributed by atoms with van der Waals surface area (Å²) >= 11 is 4.87. The Morgan fingerprint density at radius 2 is 2.42 bits per heavy atom. The molecule has 1 aliphatic carbocycles. The standard InChI is InChI=1S/C12H18N4O2S/c1-2-18-8-3-7(4-8)5-10(17)15-12-9(11(13)19)6-14-16-12/h6-8H,2-5H2,1H3,(H2,13,19)(H2,14,15,16,17). The summed E-state index contributed by atoms with van der Waals surface area (Å²) in [5, 5.41) is 9.25. The molecule has 7 heteroatoms. The Morgan fingerprint density at radius 3 is 3.05 bits per heavy atom. The summed E-state index contributed by atoms with van der Waals surface area (Å²) < 4.78 is 5.46. The predicted octanol–water partition coefficient (Wildman–Crippen LogP) is 1.19. The normalized spacial score (nSPS) is 21.7. The van der Waals surface area contributed by atoms with Crippen molar-refractivity contribution in [1.82, 2.24) is 10.2 Å². The Labute approximate surface area is 117 Å². The lowest BCUT2D eigenvalue weighted by atomic mass is 9.80. The first-order chi connectivity index (χ1) is 9.10. The first-order valence-electron chi connectivity index (χ1n) is 6.34. The van der Waals surface area contributed by atoms with E-state index in [2.05, 4.69) is 15.5 Å². The van der Waals surface area contributed by atoms with Crippen LogP contribution in [0.5, 0.6) is 0 Å². The van der Waals surface area contributed by atoms with Gasteiger partial charge in [0.15, 0.2) is 0 Å². The van der Waals surface area contributed by atoms with Crippen molar-refractivity contribution in [3.8, 4) is 0 Å². The lowest BCUT2D eigenvalue weighted by Gasteiger charge is -2.34. The maximum absolute atomic E-state index is 11.9. The molecule has 0 atom stereocenters. The van der Waals surface area contributed by atoms with Gasteiger partial charge in [-0.25, -0.2) is 0 Å². The number of thiocarbonyl (C=S) groups is 1. The van der Waals surface area contributed by atoms with E-state index in [-0.39, 0.29) is 10.9 Å². The summed E-state index contributed by atoms with van der Waals surface area (Å²) in [6, 6.07) is 0. The Morgan fingerprint density at radius 1 is 1.68 bits per heavy atom. The minimum Gasteiger partial charge on any atom is -0.389 e. The molecule has 0 aliphatic heterocycles. The first kappa shape index (κ1) is 14.0. The second-order valence-electron chi connectivity index (χ2n) is 4.69. The lowest BCUT2D eigenvalue weighted by molar-refractivity contribution is -0.119. The number of carbonyl (C=O) groups is 1. The van der Waals surface area contributed by atoms with Gasteiger partial charge in [0.25, 0.3) is 0 Å². The van der Waals surface area contributed by atoms with Crippen molar-refractivity contribution in [2.45, 2.75) is 32.3 Å².